The van der Waals surface area contributed by atoms with Gasteiger partial charge in [0.05, 0.1) is 34.2 Å². The van der Waals surface area contributed by atoms with E-state index >= 15 is 0 Å². The molecular formula is C11H22NO3+. The van der Waals surface area contributed by atoms with Gasteiger partial charge in [0, 0.05) is 6.42 Å². The molecule has 1 rings (SSSR count). The van der Waals surface area contributed by atoms with Crippen LogP contribution in [0.3, 0.4) is 0 Å². The summed E-state index contributed by atoms with van der Waals surface area (Å²) in [5, 5.41) is 10.1. The summed E-state index contributed by atoms with van der Waals surface area (Å²) in [5.41, 5.74) is 0. The maximum atomic E-state index is 11.5. The summed E-state index contributed by atoms with van der Waals surface area (Å²) in [5.74, 6) is -0.619. The van der Waals surface area contributed by atoms with E-state index in [2.05, 4.69) is 0 Å². The third kappa shape index (κ3) is 2.69. The molecule has 1 aliphatic carbocycles. The molecule has 0 spiro atoms. The number of rotatable bonds is 2. The topological polar surface area (TPSA) is 46.5 Å². The second-order valence-corrected chi connectivity index (χ2v) is 5.23. The van der Waals surface area contributed by atoms with Gasteiger partial charge < -0.3 is 14.3 Å². The van der Waals surface area contributed by atoms with E-state index in [1.807, 2.05) is 21.1 Å². The van der Waals surface area contributed by atoms with Crippen LogP contribution in [0.2, 0.25) is 0 Å². The van der Waals surface area contributed by atoms with Crippen molar-refractivity contribution in [1.29, 1.82) is 0 Å². The van der Waals surface area contributed by atoms with Gasteiger partial charge in [-0.1, -0.05) is 0 Å². The first-order valence-corrected chi connectivity index (χ1v) is 5.45. The number of aliphatic hydroxyl groups is 1. The number of hydrogen-bond acceptors (Lipinski definition) is 3. The quantitative estimate of drug-likeness (QED) is 0.537. The lowest BCUT2D eigenvalue weighted by Gasteiger charge is -2.42. The van der Waals surface area contributed by atoms with Crippen molar-refractivity contribution < 1.29 is 19.1 Å². The summed E-state index contributed by atoms with van der Waals surface area (Å²) in [6, 6.07) is 0.128. The Kier molecular flexibility index (Phi) is 3.73. The normalized spacial score (nSPS) is 32.5. The van der Waals surface area contributed by atoms with E-state index in [9.17, 15) is 9.90 Å². The van der Waals surface area contributed by atoms with Crippen LogP contribution in [0, 0.1) is 5.92 Å². The van der Waals surface area contributed by atoms with Gasteiger partial charge in [-0.15, -0.1) is 0 Å². The number of methoxy groups -OCH3 is 1. The van der Waals surface area contributed by atoms with E-state index in [0.717, 1.165) is 19.3 Å². The SMILES string of the molecule is COC(=O)C1CCCC([N+](C)(C)C)[C@@H]1O. The van der Waals surface area contributed by atoms with Crippen LogP contribution in [-0.2, 0) is 9.53 Å². The van der Waals surface area contributed by atoms with Crippen LogP contribution in [0.1, 0.15) is 19.3 Å². The van der Waals surface area contributed by atoms with E-state index in [-0.39, 0.29) is 17.9 Å². The molecule has 1 saturated carbocycles. The summed E-state index contributed by atoms with van der Waals surface area (Å²) in [7, 11) is 7.53. The van der Waals surface area contributed by atoms with Gasteiger partial charge >= 0.3 is 5.97 Å². The van der Waals surface area contributed by atoms with E-state index in [4.69, 9.17) is 4.74 Å². The van der Waals surface area contributed by atoms with Crippen LogP contribution in [-0.4, -0.2) is 56.0 Å². The molecule has 0 aromatic heterocycles. The van der Waals surface area contributed by atoms with Crippen LogP contribution in [0.5, 0.6) is 0 Å². The summed E-state index contributed by atoms with van der Waals surface area (Å²) in [6.45, 7) is 0. The maximum absolute atomic E-state index is 11.5. The highest BCUT2D eigenvalue weighted by Gasteiger charge is 2.43. The molecule has 88 valence electrons. The van der Waals surface area contributed by atoms with Crippen LogP contribution in [0.4, 0.5) is 0 Å². The minimum atomic E-state index is -0.578. The van der Waals surface area contributed by atoms with Gasteiger partial charge in [0.2, 0.25) is 0 Å². The average molecular weight is 216 g/mol. The van der Waals surface area contributed by atoms with E-state index in [0.29, 0.717) is 4.48 Å². The van der Waals surface area contributed by atoms with Crippen LogP contribution < -0.4 is 0 Å². The van der Waals surface area contributed by atoms with Crippen LogP contribution in [0.15, 0.2) is 0 Å². The van der Waals surface area contributed by atoms with E-state index in [1.54, 1.807) is 0 Å². The molecule has 1 aliphatic rings. The Bertz CT molecular complexity index is 234. The molecule has 3 atom stereocenters. The zero-order valence-electron chi connectivity index (χ0n) is 10.1. The number of hydrogen-bond donors (Lipinski definition) is 1. The first-order valence-electron chi connectivity index (χ1n) is 5.45. The van der Waals surface area contributed by atoms with Gasteiger partial charge in [0.25, 0.3) is 0 Å². The molecule has 1 N–H and O–H groups in total. The predicted molar refractivity (Wildman–Crippen MR) is 57.2 cm³/mol. The molecule has 1 fully saturated rings. The van der Waals surface area contributed by atoms with Gasteiger partial charge in [-0.05, 0) is 12.8 Å². The standard InChI is InChI=1S/C11H22NO3/c1-12(2,3)9-7-5-6-8(10(9)13)11(14)15-4/h8-10,13H,5-7H2,1-4H3/q+1/t8?,9?,10-/m1/s1. The number of nitrogens with zero attached hydrogens (tertiary/aromatic N) is 1. The molecule has 4 nitrogen and oxygen atoms in total. The summed E-state index contributed by atoms with van der Waals surface area (Å²) < 4.78 is 5.40. The lowest BCUT2D eigenvalue weighted by atomic mass is 9.81. The number of carbonyl (C=O) groups excluding carboxylic acids is 1. The highest BCUT2D eigenvalue weighted by Crippen LogP contribution is 2.30. The van der Waals surface area contributed by atoms with E-state index in [1.165, 1.54) is 7.11 Å². The fourth-order valence-electron chi connectivity index (χ4n) is 2.41. The lowest BCUT2D eigenvalue weighted by Crippen LogP contribution is -2.56. The molecule has 0 aromatic rings. The van der Waals surface area contributed by atoms with Crippen molar-refractivity contribution in [2.24, 2.45) is 5.92 Å². The highest BCUT2D eigenvalue weighted by atomic mass is 16.5. The summed E-state index contributed by atoms with van der Waals surface area (Å²) in [4.78, 5) is 11.5. The molecule has 4 heteroatoms. The van der Waals surface area contributed by atoms with Gasteiger partial charge in [0.1, 0.15) is 12.1 Å². The fourth-order valence-corrected chi connectivity index (χ4v) is 2.41. The number of esters is 1. The van der Waals surface area contributed by atoms with Gasteiger partial charge in [0.15, 0.2) is 0 Å². The minimum Gasteiger partial charge on any atom is -0.469 e. The van der Waals surface area contributed by atoms with Crippen LogP contribution >= 0.6 is 0 Å². The smallest absolute Gasteiger partial charge is 0.311 e. The average Bonchev–Trinajstić information content (AvgIpc) is 2.15. The van der Waals surface area contributed by atoms with Crippen molar-refractivity contribution >= 4 is 5.97 Å². The molecule has 0 bridgehead atoms. The predicted octanol–water partition coefficient (Wildman–Crippen LogP) is 0.395. The van der Waals surface area contributed by atoms with Crippen molar-refractivity contribution in [3.05, 3.63) is 0 Å². The maximum Gasteiger partial charge on any atom is 0.311 e. The van der Waals surface area contributed by atoms with Crippen LogP contribution in [0.25, 0.3) is 0 Å². The number of aliphatic hydroxyl groups excluding tert-OH is 1. The lowest BCUT2D eigenvalue weighted by molar-refractivity contribution is -0.901. The van der Waals surface area contributed by atoms with E-state index < -0.39 is 6.10 Å². The number of quaternary nitrogens is 1. The third-order valence-electron chi connectivity index (χ3n) is 3.32. The third-order valence-corrected chi connectivity index (χ3v) is 3.32. The van der Waals surface area contributed by atoms with Crippen molar-refractivity contribution in [1.82, 2.24) is 0 Å². The van der Waals surface area contributed by atoms with Crippen molar-refractivity contribution in [3.8, 4) is 0 Å². The summed E-state index contributed by atoms with van der Waals surface area (Å²) in [6.07, 6.45) is 2.12. The van der Waals surface area contributed by atoms with Gasteiger partial charge in [-0.2, -0.15) is 0 Å². The molecule has 0 saturated heterocycles. The van der Waals surface area contributed by atoms with Crippen molar-refractivity contribution in [3.63, 3.8) is 0 Å². The Labute approximate surface area is 91.4 Å². The molecule has 15 heavy (non-hydrogen) atoms. The fraction of sp³-hybridized carbons (Fsp3) is 0.909. The first kappa shape index (κ1) is 12.5. The Morgan fingerprint density at radius 3 is 2.40 bits per heavy atom. The second kappa shape index (κ2) is 4.49. The highest BCUT2D eigenvalue weighted by molar-refractivity contribution is 5.73. The summed E-state index contributed by atoms with van der Waals surface area (Å²) >= 11 is 0. The number of ether oxygens (including phenoxy) is 1. The molecular weight excluding hydrogens is 194 g/mol. The zero-order valence-corrected chi connectivity index (χ0v) is 10.1. The minimum absolute atomic E-state index is 0.128. The van der Waals surface area contributed by atoms with Gasteiger partial charge in [-0.3, -0.25) is 4.79 Å². The molecule has 0 amide bonds. The first-order chi connectivity index (χ1) is 6.88. The molecule has 0 aromatic carbocycles. The Hall–Kier alpha value is -0.610. The Morgan fingerprint density at radius 2 is 1.93 bits per heavy atom. The number of likely N-dealkylation sites (N-methyl/N-ethyl adjacent to an activating group) is 1. The largest absolute Gasteiger partial charge is 0.469 e. The molecule has 0 radical (unpaired) electrons. The monoisotopic (exact) mass is 216 g/mol. The zero-order chi connectivity index (χ0) is 11.6. The molecule has 0 aliphatic heterocycles. The Balaban J connectivity index is 2.75. The molecule has 0 heterocycles. The number of carbonyl (C=O) groups is 1. The van der Waals surface area contributed by atoms with Crippen molar-refractivity contribution in [2.45, 2.75) is 31.4 Å². The molecule has 2 unspecified atom stereocenters. The second-order valence-electron chi connectivity index (χ2n) is 5.23. The Morgan fingerprint density at radius 1 is 1.33 bits per heavy atom. The van der Waals surface area contributed by atoms with Gasteiger partial charge in [-0.25, -0.2) is 0 Å². The van der Waals surface area contributed by atoms with Crippen molar-refractivity contribution in [2.75, 3.05) is 28.3 Å².